The molecule has 0 saturated carbocycles. The second-order valence-corrected chi connectivity index (χ2v) is 5.49. The summed E-state index contributed by atoms with van der Waals surface area (Å²) in [5.41, 5.74) is 2.97. The molecule has 0 atom stereocenters. The Labute approximate surface area is 110 Å². The quantitative estimate of drug-likeness (QED) is 0.650. The molecule has 1 heterocycles. The zero-order valence-electron chi connectivity index (χ0n) is 8.24. The lowest BCUT2D eigenvalue weighted by Gasteiger charge is -2.08. The minimum absolute atomic E-state index is 0.724. The van der Waals surface area contributed by atoms with Crippen molar-refractivity contribution in [3.63, 3.8) is 0 Å². The van der Waals surface area contributed by atoms with Crippen molar-refractivity contribution in [2.75, 3.05) is 0 Å². The Morgan fingerprint density at radius 2 is 1.87 bits per heavy atom. The summed E-state index contributed by atoms with van der Waals surface area (Å²) in [4.78, 5) is 4.50. The van der Waals surface area contributed by atoms with E-state index in [0.29, 0.717) is 0 Å². The first-order valence-corrected chi connectivity index (χ1v) is 6.38. The van der Waals surface area contributed by atoms with Gasteiger partial charge in [-0.15, -0.1) is 0 Å². The normalized spacial score (nSPS) is 11.0. The summed E-state index contributed by atoms with van der Waals surface area (Å²) >= 11 is 13.2. The predicted molar refractivity (Wildman–Crippen MR) is 71.6 cm³/mol. The molecule has 1 aromatic heterocycles. The Morgan fingerprint density at radius 1 is 1.20 bits per heavy atom. The molecule has 4 heteroatoms. The molecule has 0 bridgehead atoms. The van der Waals surface area contributed by atoms with E-state index >= 15 is 0 Å². The number of hydrogen-bond donors (Lipinski definition) is 0. The van der Waals surface area contributed by atoms with Crippen molar-refractivity contribution in [1.82, 2.24) is 4.98 Å². The van der Waals surface area contributed by atoms with E-state index in [2.05, 4.69) is 36.8 Å². The molecule has 0 aliphatic rings. The van der Waals surface area contributed by atoms with E-state index in [9.17, 15) is 0 Å². The molecule has 0 unspecified atom stereocenters. The van der Waals surface area contributed by atoms with Gasteiger partial charge in [-0.1, -0.05) is 11.6 Å². The molecule has 0 amide bonds. The van der Waals surface area contributed by atoms with Gasteiger partial charge in [0.1, 0.15) is 0 Å². The Bertz CT molecular complexity index is 552. The second kappa shape index (κ2) is 4.04. The Hall–Kier alpha value is -0.120. The summed E-state index contributed by atoms with van der Waals surface area (Å²) in [5, 5.41) is 1.70. The van der Waals surface area contributed by atoms with Crippen LogP contribution in [0.1, 0.15) is 11.3 Å². The largest absolute Gasteiger partial charge is 0.251 e. The van der Waals surface area contributed by atoms with E-state index < -0.39 is 0 Å². The van der Waals surface area contributed by atoms with Crippen molar-refractivity contribution >= 4 is 54.4 Å². The minimum Gasteiger partial charge on any atom is -0.251 e. The lowest BCUT2D eigenvalue weighted by atomic mass is 10.1. The predicted octanol–water partition coefficient (Wildman–Crippen LogP) is 5.03. The third kappa shape index (κ3) is 1.93. The van der Waals surface area contributed by atoms with E-state index in [1.54, 1.807) is 0 Å². The fourth-order valence-electron chi connectivity index (χ4n) is 1.51. The number of fused-ring (bicyclic) bond motifs is 1. The van der Waals surface area contributed by atoms with Crippen LogP contribution in [0.4, 0.5) is 0 Å². The van der Waals surface area contributed by atoms with Crippen LogP contribution in [0.3, 0.4) is 0 Å². The van der Waals surface area contributed by atoms with Crippen LogP contribution in [-0.4, -0.2) is 4.98 Å². The molecular formula is C11H8Br2ClN. The number of halogens is 3. The number of pyridine rings is 1. The van der Waals surface area contributed by atoms with E-state index in [1.165, 1.54) is 0 Å². The van der Waals surface area contributed by atoms with Gasteiger partial charge in [0.15, 0.2) is 0 Å². The van der Waals surface area contributed by atoms with Crippen LogP contribution in [0.2, 0.25) is 5.02 Å². The molecule has 0 aliphatic carbocycles. The van der Waals surface area contributed by atoms with Crippen molar-refractivity contribution in [2.24, 2.45) is 0 Å². The number of benzene rings is 1. The average Bonchev–Trinajstić information content (AvgIpc) is 2.17. The Balaban J connectivity index is 2.98. The summed E-state index contributed by atoms with van der Waals surface area (Å²) in [7, 11) is 0. The molecular weight excluding hydrogens is 341 g/mol. The zero-order valence-corrected chi connectivity index (χ0v) is 12.2. The van der Waals surface area contributed by atoms with Gasteiger partial charge >= 0.3 is 0 Å². The Kier molecular flexibility index (Phi) is 3.06. The van der Waals surface area contributed by atoms with Gasteiger partial charge in [-0.2, -0.15) is 0 Å². The fraction of sp³-hybridized carbons (Fsp3) is 0.182. The highest BCUT2D eigenvalue weighted by Crippen LogP contribution is 2.35. The van der Waals surface area contributed by atoms with Crippen LogP contribution < -0.4 is 0 Å². The van der Waals surface area contributed by atoms with Crippen LogP contribution in [0.15, 0.2) is 21.1 Å². The maximum absolute atomic E-state index is 6.27. The lowest BCUT2D eigenvalue weighted by Crippen LogP contribution is -1.89. The molecule has 2 rings (SSSR count). The molecule has 0 saturated heterocycles. The number of hydrogen-bond acceptors (Lipinski definition) is 1. The monoisotopic (exact) mass is 347 g/mol. The minimum atomic E-state index is 0.724. The first-order valence-electron chi connectivity index (χ1n) is 4.42. The number of nitrogens with zero attached hydrogens (tertiary/aromatic N) is 1. The summed E-state index contributed by atoms with van der Waals surface area (Å²) in [6.07, 6.45) is 0. The van der Waals surface area contributed by atoms with Crippen LogP contribution in [-0.2, 0) is 0 Å². The van der Waals surface area contributed by atoms with Gasteiger partial charge in [0, 0.05) is 9.86 Å². The molecule has 1 aromatic carbocycles. The van der Waals surface area contributed by atoms with Crippen molar-refractivity contribution in [3.05, 3.63) is 37.4 Å². The smallest absolute Gasteiger partial charge is 0.0863 e. The third-order valence-electron chi connectivity index (χ3n) is 2.23. The molecule has 0 aliphatic heterocycles. The second-order valence-electron chi connectivity index (χ2n) is 3.47. The zero-order chi connectivity index (χ0) is 11.2. The summed E-state index contributed by atoms with van der Waals surface area (Å²) < 4.78 is 1.85. The summed E-state index contributed by atoms with van der Waals surface area (Å²) in [6, 6.07) is 4.08. The SMILES string of the molecule is Cc1cc(Br)c2nc(C)c(Br)c(Cl)c2c1. The number of aromatic nitrogens is 1. The van der Waals surface area contributed by atoms with Crippen LogP contribution in [0.5, 0.6) is 0 Å². The van der Waals surface area contributed by atoms with Crippen LogP contribution >= 0.6 is 43.5 Å². The van der Waals surface area contributed by atoms with Crippen LogP contribution in [0.25, 0.3) is 10.9 Å². The van der Waals surface area contributed by atoms with Crippen LogP contribution in [0, 0.1) is 13.8 Å². The first-order chi connectivity index (χ1) is 7.00. The Morgan fingerprint density at radius 3 is 2.53 bits per heavy atom. The van der Waals surface area contributed by atoms with E-state index in [4.69, 9.17) is 11.6 Å². The maximum atomic E-state index is 6.27. The molecule has 0 spiro atoms. The molecule has 0 radical (unpaired) electrons. The van der Waals surface area contributed by atoms with Gasteiger partial charge < -0.3 is 0 Å². The highest BCUT2D eigenvalue weighted by Gasteiger charge is 2.11. The number of aryl methyl sites for hydroxylation is 2. The maximum Gasteiger partial charge on any atom is 0.0863 e. The fourth-order valence-corrected chi connectivity index (χ4v) is 2.76. The topological polar surface area (TPSA) is 12.9 Å². The highest BCUT2D eigenvalue weighted by molar-refractivity contribution is 9.11. The van der Waals surface area contributed by atoms with E-state index in [0.717, 1.165) is 36.1 Å². The lowest BCUT2D eigenvalue weighted by molar-refractivity contribution is 1.23. The van der Waals surface area contributed by atoms with Gasteiger partial charge in [0.05, 0.1) is 20.7 Å². The third-order valence-corrected chi connectivity index (χ3v) is 4.43. The summed E-state index contributed by atoms with van der Waals surface area (Å²) in [5.74, 6) is 0. The van der Waals surface area contributed by atoms with Crippen molar-refractivity contribution in [2.45, 2.75) is 13.8 Å². The molecule has 0 N–H and O–H groups in total. The van der Waals surface area contributed by atoms with E-state index in [1.807, 2.05) is 26.0 Å². The number of rotatable bonds is 0. The van der Waals surface area contributed by atoms with Gasteiger partial charge in [-0.3, -0.25) is 4.98 Å². The van der Waals surface area contributed by atoms with E-state index in [-0.39, 0.29) is 0 Å². The standard InChI is InChI=1S/C11H8Br2ClN/c1-5-3-7-10(14)9(13)6(2)15-11(7)8(12)4-5/h3-4H,1-2H3. The molecule has 1 nitrogen and oxygen atoms in total. The van der Waals surface area contributed by atoms with Gasteiger partial charge in [-0.25, -0.2) is 0 Å². The van der Waals surface area contributed by atoms with Gasteiger partial charge in [0.2, 0.25) is 0 Å². The first kappa shape index (κ1) is 11.4. The van der Waals surface area contributed by atoms with Crippen molar-refractivity contribution in [3.8, 4) is 0 Å². The highest BCUT2D eigenvalue weighted by atomic mass is 79.9. The molecule has 78 valence electrons. The molecule has 15 heavy (non-hydrogen) atoms. The van der Waals surface area contributed by atoms with Crippen molar-refractivity contribution in [1.29, 1.82) is 0 Å². The van der Waals surface area contributed by atoms with Gasteiger partial charge in [0.25, 0.3) is 0 Å². The van der Waals surface area contributed by atoms with Crippen molar-refractivity contribution < 1.29 is 0 Å². The average molecular weight is 349 g/mol. The van der Waals surface area contributed by atoms with Gasteiger partial charge in [-0.05, 0) is 63.4 Å². The molecule has 2 aromatic rings. The molecule has 0 fully saturated rings. The summed E-state index contributed by atoms with van der Waals surface area (Å²) in [6.45, 7) is 3.97.